The number of ether oxygens (including phenoxy) is 1. The van der Waals surface area contributed by atoms with Crippen LogP contribution in [0.2, 0.25) is 0 Å². The molecule has 4 heterocycles. The lowest BCUT2D eigenvalue weighted by Crippen LogP contribution is -2.44. The van der Waals surface area contributed by atoms with Crippen LogP contribution in [-0.2, 0) is 34.7 Å². The van der Waals surface area contributed by atoms with Crippen molar-refractivity contribution >= 4 is 16.9 Å². The molecule has 152 valence electrons. The number of esters is 1. The summed E-state index contributed by atoms with van der Waals surface area (Å²) in [6.45, 7) is 5.59. The molecule has 0 radical (unpaired) electrons. The van der Waals surface area contributed by atoms with Crippen LogP contribution >= 0.6 is 0 Å². The zero-order valence-electron chi connectivity index (χ0n) is 16.4. The first-order valence-corrected chi connectivity index (χ1v) is 9.81. The summed E-state index contributed by atoms with van der Waals surface area (Å²) >= 11 is 0. The van der Waals surface area contributed by atoms with Crippen molar-refractivity contribution in [3.8, 4) is 17.1 Å². The molecule has 30 heavy (non-hydrogen) atoms. The minimum Gasteiger partial charge on any atom is -0.508 e. The molecule has 2 N–H and O–H groups in total. The molecule has 2 aliphatic heterocycles. The van der Waals surface area contributed by atoms with Gasteiger partial charge in [0.15, 0.2) is 5.60 Å². The van der Waals surface area contributed by atoms with Crippen LogP contribution in [0.15, 0.2) is 41.7 Å². The van der Waals surface area contributed by atoms with Gasteiger partial charge in [-0.3, -0.25) is 4.79 Å². The Hall–Kier alpha value is -3.45. The van der Waals surface area contributed by atoms with E-state index in [0.29, 0.717) is 41.0 Å². The molecule has 1 aromatic carbocycles. The van der Waals surface area contributed by atoms with Crippen LogP contribution in [-0.4, -0.2) is 25.7 Å². The molecule has 0 spiro atoms. The highest BCUT2D eigenvalue weighted by molar-refractivity contribution is 5.89. The average Bonchev–Trinajstić information content (AvgIpc) is 3.10. The fourth-order valence-electron chi connectivity index (χ4n) is 4.46. The predicted octanol–water partition coefficient (Wildman–Crippen LogP) is 2.51. The Bertz CT molecular complexity index is 1320. The van der Waals surface area contributed by atoms with Crippen molar-refractivity contribution in [2.24, 2.45) is 0 Å². The van der Waals surface area contributed by atoms with Gasteiger partial charge in [0.1, 0.15) is 12.4 Å². The van der Waals surface area contributed by atoms with Gasteiger partial charge in [-0.2, -0.15) is 0 Å². The van der Waals surface area contributed by atoms with Crippen LogP contribution in [0.5, 0.6) is 5.75 Å². The van der Waals surface area contributed by atoms with Crippen molar-refractivity contribution in [3.63, 3.8) is 0 Å². The number of aromatic hydroxyl groups is 1. The van der Waals surface area contributed by atoms with Gasteiger partial charge >= 0.3 is 5.97 Å². The summed E-state index contributed by atoms with van der Waals surface area (Å²) < 4.78 is 6.69. The standard InChI is InChI=1S/C23H20N2O5/c1-3-5-13-14-8-12-10-25-18(20(12)24-17(14)6-7-19(13)26)9-16-15(21(25)27)11-30-22(28)23(16,29)4-2/h3,6-9,26,29H,1,4-5,10-11H2,2H3/t23-/m0/s1. The fraction of sp³-hybridized carbons (Fsp3) is 0.261. The number of rotatable bonds is 3. The number of fused-ring (bicyclic) bond motifs is 5. The third-order valence-corrected chi connectivity index (χ3v) is 6.13. The molecule has 0 unspecified atom stereocenters. The zero-order valence-corrected chi connectivity index (χ0v) is 16.4. The number of hydrogen-bond donors (Lipinski definition) is 2. The van der Waals surface area contributed by atoms with E-state index in [1.807, 2.05) is 6.07 Å². The number of cyclic esters (lactones) is 1. The molecule has 2 aliphatic rings. The Morgan fingerprint density at radius 3 is 2.87 bits per heavy atom. The average molecular weight is 404 g/mol. The normalized spacial score (nSPS) is 19.2. The first kappa shape index (κ1) is 18.6. The lowest BCUT2D eigenvalue weighted by Gasteiger charge is -2.31. The molecule has 0 fully saturated rings. The van der Waals surface area contributed by atoms with Crippen LogP contribution in [0, 0.1) is 0 Å². The maximum atomic E-state index is 13.2. The van der Waals surface area contributed by atoms with E-state index >= 15 is 0 Å². The summed E-state index contributed by atoms with van der Waals surface area (Å²) in [4.78, 5) is 30.2. The minimum atomic E-state index is -1.84. The maximum absolute atomic E-state index is 13.2. The number of aromatic nitrogens is 2. The maximum Gasteiger partial charge on any atom is 0.343 e. The third-order valence-electron chi connectivity index (χ3n) is 6.13. The summed E-state index contributed by atoms with van der Waals surface area (Å²) in [5, 5.41) is 22.0. The Morgan fingerprint density at radius 1 is 1.33 bits per heavy atom. The molecule has 3 aromatic rings. The van der Waals surface area contributed by atoms with Crippen molar-refractivity contribution in [1.82, 2.24) is 9.55 Å². The number of phenols is 1. The fourth-order valence-corrected chi connectivity index (χ4v) is 4.46. The minimum absolute atomic E-state index is 0.101. The van der Waals surface area contributed by atoms with E-state index in [1.54, 1.807) is 35.8 Å². The number of nitrogens with zero attached hydrogens (tertiary/aromatic N) is 2. The van der Waals surface area contributed by atoms with Crippen molar-refractivity contribution in [3.05, 3.63) is 69.5 Å². The summed E-state index contributed by atoms with van der Waals surface area (Å²) in [6.07, 6.45) is 2.31. The van der Waals surface area contributed by atoms with Crippen molar-refractivity contribution in [2.75, 3.05) is 0 Å². The van der Waals surface area contributed by atoms with Gasteiger partial charge in [-0.1, -0.05) is 13.0 Å². The van der Waals surface area contributed by atoms with Crippen LogP contribution in [0.3, 0.4) is 0 Å². The highest BCUT2D eigenvalue weighted by Gasteiger charge is 2.45. The molecule has 0 saturated heterocycles. The molecule has 0 amide bonds. The number of phenolic OH excluding ortho intramolecular Hbond substituents is 1. The third kappa shape index (κ3) is 2.32. The highest BCUT2D eigenvalue weighted by Crippen LogP contribution is 2.39. The Labute approximate surface area is 171 Å². The van der Waals surface area contributed by atoms with Crippen LogP contribution in [0.4, 0.5) is 0 Å². The second-order valence-corrected chi connectivity index (χ2v) is 7.72. The molecule has 0 bridgehead atoms. The van der Waals surface area contributed by atoms with E-state index in [9.17, 15) is 19.8 Å². The molecule has 7 nitrogen and oxygen atoms in total. The number of allylic oxidation sites excluding steroid dienone is 1. The number of aliphatic hydroxyl groups is 1. The monoisotopic (exact) mass is 404 g/mol. The first-order valence-electron chi connectivity index (χ1n) is 9.81. The van der Waals surface area contributed by atoms with Gasteiger partial charge in [0.25, 0.3) is 5.56 Å². The number of benzene rings is 1. The van der Waals surface area contributed by atoms with E-state index < -0.39 is 11.6 Å². The van der Waals surface area contributed by atoms with Crippen molar-refractivity contribution < 1.29 is 19.7 Å². The van der Waals surface area contributed by atoms with E-state index in [0.717, 1.165) is 16.5 Å². The Balaban J connectivity index is 1.77. The number of carbonyl (C=O) groups is 1. The van der Waals surface area contributed by atoms with E-state index in [2.05, 4.69) is 6.58 Å². The molecular formula is C23H20N2O5. The highest BCUT2D eigenvalue weighted by atomic mass is 16.6. The van der Waals surface area contributed by atoms with Crippen molar-refractivity contribution in [1.29, 1.82) is 0 Å². The van der Waals surface area contributed by atoms with E-state index in [1.165, 1.54) is 0 Å². The Morgan fingerprint density at radius 2 is 2.13 bits per heavy atom. The predicted molar refractivity (Wildman–Crippen MR) is 110 cm³/mol. The molecule has 7 heteroatoms. The van der Waals surface area contributed by atoms with Gasteiger partial charge in [-0.05, 0) is 37.1 Å². The summed E-state index contributed by atoms with van der Waals surface area (Å²) in [5.74, 6) is -0.563. The van der Waals surface area contributed by atoms with Crippen LogP contribution in [0.1, 0.15) is 35.6 Å². The van der Waals surface area contributed by atoms with Gasteiger partial charge in [0.05, 0.1) is 29.0 Å². The second kappa shape index (κ2) is 6.27. The summed E-state index contributed by atoms with van der Waals surface area (Å²) in [6, 6.07) is 6.96. The molecular weight excluding hydrogens is 384 g/mol. The lowest BCUT2D eigenvalue weighted by molar-refractivity contribution is -0.172. The topological polar surface area (TPSA) is 102 Å². The van der Waals surface area contributed by atoms with E-state index in [-0.39, 0.29) is 24.3 Å². The van der Waals surface area contributed by atoms with Gasteiger partial charge in [-0.15, -0.1) is 6.58 Å². The number of hydrogen-bond acceptors (Lipinski definition) is 6. The zero-order chi connectivity index (χ0) is 21.2. The summed E-state index contributed by atoms with van der Waals surface area (Å²) in [5.41, 5.74) is 1.92. The quantitative estimate of drug-likeness (QED) is 0.402. The van der Waals surface area contributed by atoms with Crippen LogP contribution in [0.25, 0.3) is 22.3 Å². The Kier molecular flexibility index (Phi) is 3.88. The number of carbonyl (C=O) groups excluding carboxylic acids is 1. The largest absolute Gasteiger partial charge is 0.508 e. The van der Waals surface area contributed by atoms with Gasteiger partial charge in [0, 0.05) is 22.1 Å². The molecule has 1 atom stereocenters. The molecule has 5 rings (SSSR count). The molecule has 2 aromatic heterocycles. The first-order chi connectivity index (χ1) is 14.4. The van der Waals surface area contributed by atoms with Gasteiger partial charge in [-0.25, -0.2) is 9.78 Å². The lowest BCUT2D eigenvalue weighted by atomic mass is 9.86. The SMILES string of the molecule is C=CCc1c(O)ccc2nc3c(cc12)Cn1c-3cc2c(c1=O)COC(=O)[C@]2(O)CC. The van der Waals surface area contributed by atoms with Gasteiger partial charge in [0.2, 0.25) is 0 Å². The van der Waals surface area contributed by atoms with Gasteiger partial charge < -0.3 is 19.5 Å². The number of pyridine rings is 2. The second-order valence-electron chi connectivity index (χ2n) is 7.72. The molecule has 0 saturated carbocycles. The van der Waals surface area contributed by atoms with Crippen molar-refractivity contribution in [2.45, 2.75) is 38.5 Å². The molecule has 0 aliphatic carbocycles. The van der Waals surface area contributed by atoms with Crippen LogP contribution < -0.4 is 5.56 Å². The summed E-state index contributed by atoms with van der Waals surface area (Å²) in [7, 11) is 0. The van der Waals surface area contributed by atoms with E-state index in [4.69, 9.17) is 9.72 Å². The smallest absolute Gasteiger partial charge is 0.343 e.